The Bertz CT molecular complexity index is 372. The van der Waals surface area contributed by atoms with E-state index in [0.29, 0.717) is 5.75 Å². The Balaban J connectivity index is 2.37. The van der Waals surface area contributed by atoms with E-state index in [1.807, 2.05) is 0 Å². The van der Waals surface area contributed by atoms with E-state index in [1.165, 1.54) is 18.6 Å². The second kappa shape index (κ2) is 4.42. The minimum absolute atomic E-state index is 0.278. The van der Waals surface area contributed by atoms with Crippen molar-refractivity contribution in [3.63, 3.8) is 0 Å². The molecule has 0 aromatic heterocycles. The fourth-order valence-electron chi connectivity index (χ4n) is 2.53. The van der Waals surface area contributed by atoms with Gasteiger partial charge in [0.15, 0.2) is 0 Å². The molecule has 0 bridgehead atoms. The van der Waals surface area contributed by atoms with Gasteiger partial charge < -0.3 is 10.5 Å². The van der Waals surface area contributed by atoms with E-state index in [9.17, 15) is 4.39 Å². The van der Waals surface area contributed by atoms with Crippen LogP contribution in [0.2, 0.25) is 0 Å². The molecule has 1 saturated carbocycles. The predicted octanol–water partition coefficient (Wildman–Crippen LogP) is 2.95. The Hall–Kier alpha value is -1.09. The van der Waals surface area contributed by atoms with Gasteiger partial charge in [0.1, 0.15) is 11.6 Å². The first kappa shape index (κ1) is 11.4. The number of methoxy groups -OCH3 is 1. The third-order valence-corrected chi connectivity index (χ3v) is 3.45. The molecule has 0 radical (unpaired) electrons. The second-order valence-corrected chi connectivity index (χ2v) is 4.56. The Morgan fingerprint density at radius 1 is 1.25 bits per heavy atom. The van der Waals surface area contributed by atoms with Gasteiger partial charge in [-0.15, -0.1) is 0 Å². The summed E-state index contributed by atoms with van der Waals surface area (Å²) in [5.41, 5.74) is 7.01. The molecule has 0 unspecified atom stereocenters. The monoisotopic (exact) mass is 223 g/mol. The van der Waals surface area contributed by atoms with Crippen molar-refractivity contribution in [2.24, 2.45) is 5.73 Å². The van der Waals surface area contributed by atoms with Gasteiger partial charge in [-0.1, -0.05) is 25.3 Å². The van der Waals surface area contributed by atoms with Gasteiger partial charge in [-0.25, -0.2) is 4.39 Å². The highest BCUT2D eigenvalue weighted by molar-refractivity contribution is 5.39. The minimum Gasteiger partial charge on any atom is -0.496 e. The molecule has 0 saturated heterocycles. The van der Waals surface area contributed by atoms with Crippen molar-refractivity contribution in [1.82, 2.24) is 0 Å². The Morgan fingerprint density at radius 2 is 1.94 bits per heavy atom. The van der Waals surface area contributed by atoms with Crippen molar-refractivity contribution in [3.8, 4) is 5.75 Å². The van der Waals surface area contributed by atoms with Crippen molar-refractivity contribution in [2.45, 2.75) is 37.6 Å². The average Bonchev–Trinajstić information content (AvgIpc) is 2.29. The van der Waals surface area contributed by atoms with Gasteiger partial charge in [0.2, 0.25) is 0 Å². The number of halogens is 1. The zero-order valence-corrected chi connectivity index (χ0v) is 9.63. The molecular weight excluding hydrogens is 205 g/mol. The summed E-state index contributed by atoms with van der Waals surface area (Å²) in [4.78, 5) is 0. The molecule has 1 aliphatic rings. The highest BCUT2D eigenvalue weighted by atomic mass is 19.1. The summed E-state index contributed by atoms with van der Waals surface area (Å²) in [7, 11) is 1.56. The number of hydrogen-bond acceptors (Lipinski definition) is 2. The van der Waals surface area contributed by atoms with Gasteiger partial charge in [0, 0.05) is 17.2 Å². The summed E-state index contributed by atoms with van der Waals surface area (Å²) in [6, 6.07) is 4.64. The van der Waals surface area contributed by atoms with Crippen LogP contribution in [-0.2, 0) is 5.54 Å². The molecule has 2 N–H and O–H groups in total. The fourth-order valence-corrected chi connectivity index (χ4v) is 2.53. The topological polar surface area (TPSA) is 35.2 Å². The molecule has 0 spiro atoms. The normalized spacial score (nSPS) is 19.4. The molecule has 1 aromatic carbocycles. The zero-order valence-electron chi connectivity index (χ0n) is 9.63. The summed E-state index contributed by atoms with van der Waals surface area (Å²) in [6.45, 7) is 0. The number of nitrogens with two attached hydrogens (primary N) is 1. The molecule has 2 rings (SSSR count). The first-order chi connectivity index (χ1) is 7.65. The van der Waals surface area contributed by atoms with E-state index in [0.717, 1.165) is 31.2 Å². The lowest BCUT2D eigenvalue weighted by atomic mass is 9.77. The zero-order chi connectivity index (χ0) is 11.6. The van der Waals surface area contributed by atoms with E-state index in [2.05, 4.69) is 0 Å². The molecule has 16 heavy (non-hydrogen) atoms. The van der Waals surface area contributed by atoms with E-state index in [-0.39, 0.29) is 11.4 Å². The van der Waals surface area contributed by atoms with Gasteiger partial charge in [-0.05, 0) is 18.9 Å². The number of benzene rings is 1. The lowest BCUT2D eigenvalue weighted by Crippen LogP contribution is -2.38. The third kappa shape index (κ3) is 2.05. The largest absolute Gasteiger partial charge is 0.496 e. The van der Waals surface area contributed by atoms with Crippen LogP contribution in [0.4, 0.5) is 4.39 Å². The minimum atomic E-state index is -0.336. The predicted molar refractivity (Wildman–Crippen MR) is 61.9 cm³/mol. The van der Waals surface area contributed by atoms with Gasteiger partial charge in [-0.2, -0.15) is 0 Å². The van der Waals surface area contributed by atoms with Crippen LogP contribution in [0, 0.1) is 5.82 Å². The molecule has 0 atom stereocenters. The first-order valence-electron chi connectivity index (χ1n) is 5.79. The molecule has 0 aliphatic heterocycles. The van der Waals surface area contributed by atoms with Crippen LogP contribution in [0.15, 0.2) is 18.2 Å². The Labute approximate surface area is 95.6 Å². The molecule has 3 heteroatoms. The molecule has 88 valence electrons. The smallest absolute Gasteiger partial charge is 0.126 e. The summed E-state index contributed by atoms with van der Waals surface area (Å²) < 4.78 is 18.3. The van der Waals surface area contributed by atoms with Gasteiger partial charge in [-0.3, -0.25) is 0 Å². The molecular formula is C13H18FNO. The van der Waals surface area contributed by atoms with E-state index in [1.54, 1.807) is 13.2 Å². The number of hydrogen-bond donors (Lipinski definition) is 1. The number of ether oxygens (including phenoxy) is 1. The summed E-state index contributed by atoms with van der Waals surface area (Å²) >= 11 is 0. The SMILES string of the molecule is COc1cc(F)ccc1C1(N)CCCCC1. The van der Waals surface area contributed by atoms with Crippen LogP contribution in [0.3, 0.4) is 0 Å². The van der Waals surface area contributed by atoms with Crippen LogP contribution < -0.4 is 10.5 Å². The average molecular weight is 223 g/mol. The maximum atomic E-state index is 13.1. The van der Waals surface area contributed by atoms with Gasteiger partial charge in [0.25, 0.3) is 0 Å². The van der Waals surface area contributed by atoms with Crippen molar-refractivity contribution < 1.29 is 9.13 Å². The molecule has 0 amide bonds. The van der Waals surface area contributed by atoms with Crippen LogP contribution in [0.1, 0.15) is 37.7 Å². The maximum Gasteiger partial charge on any atom is 0.126 e. The summed E-state index contributed by atoms with van der Waals surface area (Å²) in [6.07, 6.45) is 5.42. The van der Waals surface area contributed by atoms with Crippen molar-refractivity contribution in [3.05, 3.63) is 29.6 Å². The van der Waals surface area contributed by atoms with E-state index >= 15 is 0 Å². The third-order valence-electron chi connectivity index (χ3n) is 3.45. The lowest BCUT2D eigenvalue weighted by molar-refractivity contribution is 0.288. The standard InChI is InChI=1S/C13H18FNO/c1-16-12-9-10(14)5-6-11(12)13(15)7-3-2-4-8-13/h5-6,9H,2-4,7-8,15H2,1H3. The summed E-state index contributed by atoms with van der Waals surface area (Å²) in [5.74, 6) is 0.296. The summed E-state index contributed by atoms with van der Waals surface area (Å²) in [5, 5.41) is 0. The van der Waals surface area contributed by atoms with Gasteiger partial charge in [0.05, 0.1) is 7.11 Å². The van der Waals surface area contributed by atoms with Crippen LogP contribution in [0.25, 0.3) is 0 Å². The fraction of sp³-hybridized carbons (Fsp3) is 0.538. The molecule has 1 fully saturated rings. The van der Waals surface area contributed by atoms with E-state index in [4.69, 9.17) is 10.5 Å². The highest BCUT2D eigenvalue weighted by Gasteiger charge is 2.32. The van der Waals surface area contributed by atoms with Gasteiger partial charge >= 0.3 is 0 Å². The van der Waals surface area contributed by atoms with Crippen molar-refractivity contribution in [2.75, 3.05) is 7.11 Å². The molecule has 2 nitrogen and oxygen atoms in total. The quantitative estimate of drug-likeness (QED) is 0.836. The van der Waals surface area contributed by atoms with Crippen LogP contribution in [-0.4, -0.2) is 7.11 Å². The maximum absolute atomic E-state index is 13.1. The van der Waals surface area contributed by atoms with E-state index < -0.39 is 0 Å². The second-order valence-electron chi connectivity index (χ2n) is 4.56. The Morgan fingerprint density at radius 3 is 2.56 bits per heavy atom. The molecule has 1 aliphatic carbocycles. The molecule has 0 heterocycles. The first-order valence-corrected chi connectivity index (χ1v) is 5.79. The highest BCUT2D eigenvalue weighted by Crippen LogP contribution is 2.39. The van der Waals surface area contributed by atoms with Crippen molar-refractivity contribution in [1.29, 1.82) is 0 Å². The van der Waals surface area contributed by atoms with Crippen molar-refractivity contribution >= 4 is 0 Å². The lowest BCUT2D eigenvalue weighted by Gasteiger charge is -2.34. The Kier molecular flexibility index (Phi) is 3.15. The van der Waals surface area contributed by atoms with Crippen LogP contribution >= 0.6 is 0 Å². The van der Waals surface area contributed by atoms with Crippen LogP contribution in [0.5, 0.6) is 5.75 Å². The molecule has 1 aromatic rings. The number of rotatable bonds is 2.